The molecule has 1 aromatic carbocycles. The lowest BCUT2D eigenvalue weighted by molar-refractivity contribution is -0.129. The Balaban J connectivity index is 0.00000144. The van der Waals surface area contributed by atoms with Crippen molar-refractivity contribution in [3.8, 4) is 5.75 Å². The van der Waals surface area contributed by atoms with Gasteiger partial charge in [0.1, 0.15) is 5.75 Å². The SMILES string of the molecule is COc1ccccc1NCC(=O)N1CC[C@@H]2CNC[C@@H]2CC1.Cl.Cl. The van der Waals surface area contributed by atoms with Crippen molar-refractivity contribution in [1.29, 1.82) is 0 Å². The normalized spacial score (nSPS) is 22.5. The Hall–Kier alpha value is -1.17. The van der Waals surface area contributed by atoms with Crippen LogP contribution in [0.5, 0.6) is 5.75 Å². The van der Waals surface area contributed by atoms with Gasteiger partial charge in [-0.2, -0.15) is 0 Å². The van der Waals surface area contributed by atoms with Gasteiger partial charge in [-0.1, -0.05) is 12.1 Å². The zero-order chi connectivity index (χ0) is 15.4. The number of ether oxygens (including phenoxy) is 1. The third kappa shape index (κ3) is 4.91. The first-order chi connectivity index (χ1) is 10.8. The second kappa shape index (κ2) is 9.97. The number of likely N-dealkylation sites (tertiary alicyclic amines) is 1. The predicted octanol–water partition coefficient (Wildman–Crippen LogP) is 2.41. The van der Waals surface area contributed by atoms with Crippen LogP contribution in [0.4, 0.5) is 5.69 Å². The van der Waals surface area contributed by atoms with Gasteiger partial charge in [-0.15, -0.1) is 24.8 Å². The molecule has 2 aliphatic heterocycles. The lowest BCUT2D eigenvalue weighted by Crippen LogP contribution is -2.36. The molecule has 1 aromatic rings. The summed E-state index contributed by atoms with van der Waals surface area (Å²) in [5, 5.41) is 6.67. The van der Waals surface area contributed by atoms with Crippen LogP contribution in [0.3, 0.4) is 0 Å². The molecule has 7 heteroatoms. The summed E-state index contributed by atoms with van der Waals surface area (Å²) in [6.45, 7) is 4.33. The Morgan fingerprint density at radius 1 is 1.21 bits per heavy atom. The van der Waals surface area contributed by atoms with E-state index in [-0.39, 0.29) is 30.7 Å². The summed E-state index contributed by atoms with van der Waals surface area (Å²) in [4.78, 5) is 14.5. The number of hydrogen-bond acceptors (Lipinski definition) is 4. The third-order valence-electron chi connectivity index (χ3n) is 4.91. The Morgan fingerprint density at radius 2 is 1.83 bits per heavy atom. The quantitative estimate of drug-likeness (QED) is 0.848. The first-order valence-corrected chi connectivity index (χ1v) is 8.13. The molecular weight excluding hydrogens is 349 g/mol. The lowest BCUT2D eigenvalue weighted by atomic mass is 9.92. The topological polar surface area (TPSA) is 53.6 Å². The van der Waals surface area contributed by atoms with Crippen LogP contribution < -0.4 is 15.4 Å². The largest absolute Gasteiger partial charge is 0.495 e. The van der Waals surface area contributed by atoms with Crippen LogP contribution in [0.1, 0.15) is 12.8 Å². The average molecular weight is 376 g/mol. The molecule has 2 heterocycles. The highest BCUT2D eigenvalue weighted by Crippen LogP contribution is 2.27. The van der Waals surface area contributed by atoms with Crippen molar-refractivity contribution in [2.24, 2.45) is 11.8 Å². The number of methoxy groups -OCH3 is 1. The fourth-order valence-corrected chi connectivity index (χ4v) is 3.54. The van der Waals surface area contributed by atoms with Crippen LogP contribution >= 0.6 is 24.8 Å². The fourth-order valence-electron chi connectivity index (χ4n) is 3.54. The van der Waals surface area contributed by atoms with Gasteiger partial charge < -0.3 is 20.3 Å². The molecule has 2 N–H and O–H groups in total. The molecule has 0 spiro atoms. The van der Waals surface area contributed by atoms with Gasteiger partial charge in [0, 0.05) is 13.1 Å². The number of hydrogen-bond donors (Lipinski definition) is 2. The lowest BCUT2D eigenvalue weighted by Gasteiger charge is -2.21. The molecule has 3 rings (SSSR count). The van der Waals surface area contributed by atoms with Crippen molar-refractivity contribution in [3.63, 3.8) is 0 Å². The Morgan fingerprint density at radius 3 is 2.46 bits per heavy atom. The summed E-state index contributed by atoms with van der Waals surface area (Å²) in [5.41, 5.74) is 0.870. The molecule has 0 aliphatic carbocycles. The first kappa shape index (κ1) is 20.9. The standard InChI is InChI=1S/C17H25N3O2.2ClH/c1-22-16-5-3-2-4-15(16)19-12-17(21)20-8-6-13-10-18-11-14(13)7-9-20;;/h2-5,13-14,18-19H,6-12H2,1H3;2*1H/t13-,14+;;. The van der Waals surface area contributed by atoms with Crippen molar-refractivity contribution in [2.45, 2.75) is 12.8 Å². The molecule has 0 radical (unpaired) electrons. The summed E-state index contributed by atoms with van der Waals surface area (Å²) >= 11 is 0. The van der Waals surface area contributed by atoms with E-state index in [1.54, 1.807) is 7.11 Å². The maximum atomic E-state index is 12.5. The summed E-state index contributed by atoms with van der Waals surface area (Å²) in [6.07, 6.45) is 2.25. The van der Waals surface area contributed by atoms with E-state index in [1.807, 2.05) is 29.2 Å². The number of benzene rings is 1. The van der Waals surface area contributed by atoms with E-state index in [0.29, 0.717) is 6.54 Å². The minimum absolute atomic E-state index is 0. The molecule has 2 atom stereocenters. The zero-order valence-electron chi connectivity index (χ0n) is 14.0. The molecule has 2 saturated heterocycles. The van der Waals surface area contributed by atoms with Crippen molar-refractivity contribution in [2.75, 3.05) is 45.2 Å². The molecule has 0 aromatic heterocycles. The van der Waals surface area contributed by atoms with Crippen LogP contribution in [0.15, 0.2) is 24.3 Å². The number of fused-ring (bicyclic) bond motifs is 1. The fraction of sp³-hybridized carbons (Fsp3) is 0.588. The van der Waals surface area contributed by atoms with Gasteiger partial charge >= 0.3 is 0 Å². The number of halogens is 2. The number of anilines is 1. The van der Waals surface area contributed by atoms with Gasteiger partial charge in [0.25, 0.3) is 0 Å². The second-order valence-corrected chi connectivity index (χ2v) is 6.19. The molecule has 24 heavy (non-hydrogen) atoms. The minimum Gasteiger partial charge on any atom is -0.495 e. The van der Waals surface area contributed by atoms with Crippen LogP contribution in [0.2, 0.25) is 0 Å². The highest BCUT2D eigenvalue weighted by atomic mass is 35.5. The Bertz CT molecular complexity index is 516. The van der Waals surface area contributed by atoms with Gasteiger partial charge in [0.15, 0.2) is 0 Å². The van der Waals surface area contributed by atoms with E-state index >= 15 is 0 Å². The molecule has 5 nitrogen and oxygen atoms in total. The number of para-hydroxylation sites is 2. The monoisotopic (exact) mass is 375 g/mol. The molecule has 0 saturated carbocycles. The summed E-state index contributed by atoms with van der Waals surface area (Å²) in [5.74, 6) is 2.45. The zero-order valence-corrected chi connectivity index (χ0v) is 15.6. The predicted molar refractivity (Wildman–Crippen MR) is 102 cm³/mol. The molecule has 136 valence electrons. The van der Waals surface area contributed by atoms with E-state index in [0.717, 1.165) is 62.3 Å². The van der Waals surface area contributed by atoms with E-state index in [2.05, 4.69) is 10.6 Å². The van der Waals surface area contributed by atoms with E-state index in [1.165, 1.54) is 0 Å². The van der Waals surface area contributed by atoms with Crippen molar-refractivity contribution in [3.05, 3.63) is 24.3 Å². The molecule has 1 amide bonds. The molecular formula is C17H27Cl2N3O2. The second-order valence-electron chi connectivity index (χ2n) is 6.19. The van der Waals surface area contributed by atoms with Crippen LogP contribution in [-0.4, -0.2) is 50.6 Å². The molecule has 0 bridgehead atoms. The molecule has 2 fully saturated rings. The van der Waals surface area contributed by atoms with Gasteiger partial charge in [-0.3, -0.25) is 4.79 Å². The smallest absolute Gasteiger partial charge is 0.241 e. The van der Waals surface area contributed by atoms with Gasteiger partial charge in [-0.05, 0) is 49.9 Å². The Labute approximate surface area is 156 Å². The number of amides is 1. The van der Waals surface area contributed by atoms with Crippen molar-refractivity contribution < 1.29 is 9.53 Å². The molecule has 0 unspecified atom stereocenters. The van der Waals surface area contributed by atoms with E-state index in [9.17, 15) is 4.79 Å². The maximum absolute atomic E-state index is 12.5. The molecule has 2 aliphatic rings. The van der Waals surface area contributed by atoms with Crippen LogP contribution in [0, 0.1) is 11.8 Å². The number of rotatable bonds is 4. The van der Waals surface area contributed by atoms with Crippen molar-refractivity contribution >= 4 is 36.4 Å². The van der Waals surface area contributed by atoms with Crippen LogP contribution in [0.25, 0.3) is 0 Å². The highest BCUT2D eigenvalue weighted by Gasteiger charge is 2.31. The average Bonchev–Trinajstić information content (AvgIpc) is 2.91. The maximum Gasteiger partial charge on any atom is 0.241 e. The first-order valence-electron chi connectivity index (χ1n) is 8.13. The van der Waals surface area contributed by atoms with Crippen LogP contribution in [-0.2, 0) is 4.79 Å². The number of nitrogens with zero attached hydrogens (tertiary/aromatic N) is 1. The summed E-state index contributed by atoms with van der Waals surface area (Å²) in [6, 6.07) is 7.69. The number of carbonyl (C=O) groups excluding carboxylic acids is 1. The van der Waals surface area contributed by atoms with E-state index in [4.69, 9.17) is 4.74 Å². The van der Waals surface area contributed by atoms with E-state index < -0.39 is 0 Å². The third-order valence-corrected chi connectivity index (χ3v) is 4.91. The Kier molecular flexibility index (Phi) is 8.67. The number of nitrogens with one attached hydrogen (secondary N) is 2. The summed E-state index contributed by atoms with van der Waals surface area (Å²) < 4.78 is 5.30. The van der Waals surface area contributed by atoms with Gasteiger partial charge in [0.2, 0.25) is 5.91 Å². The minimum atomic E-state index is 0. The summed E-state index contributed by atoms with van der Waals surface area (Å²) in [7, 11) is 1.64. The van der Waals surface area contributed by atoms with Crippen molar-refractivity contribution in [1.82, 2.24) is 10.2 Å². The highest BCUT2D eigenvalue weighted by molar-refractivity contribution is 5.85. The van der Waals surface area contributed by atoms with Gasteiger partial charge in [0.05, 0.1) is 19.3 Å². The number of carbonyl (C=O) groups is 1. The van der Waals surface area contributed by atoms with Gasteiger partial charge in [-0.25, -0.2) is 0 Å².